The molecule has 0 spiro atoms. The summed E-state index contributed by atoms with van der Waals surface area (Å²) in [4.78, 5) is 10.5. The fourth-order valence-electron chi connectivity index (χ4n) is 0.316. The van der Waals surface area contributed by atoms with Gasteiger partial charge in [0.25, 0.3) is 0 Å². The van der Waals surface area contributed by atoms with Crippen molar-refractivity contribution in [2.75, 3.05) is 5.75 Å². The van der Waals surface area contributed by atoms with E-state index in [2.05, 4.69) is 12.2 Å². The lowest BCUT2D eigenvalue weighted by atomic mass is 10.5. The van der Waals surface area contributed by atoms with E-state index in [0.29, 0.717) is 16.5 Å². The molecule has 0 aliphatic heterocycles. The molecule has 5 N–H and O–H groups in total. The van der Waals surface area contributed by atoms with Crippen LogP contribution in [0, 0.1) is 0 Å². The van der Waals surface area contributed by atoms with Crippen molar-refractivity contribution >= 4 is 34.2 Å². The van der Waals surface area contributed by atoms with E-state index >= 15 is 0 Å². The van der Waals surface area contributed by atoms with Crippen LogP contribution >= 0.6 is 24.0 Å². The van der Waals surface area contributed by atoms with E-state index in [4.69, 9.17) is 11.6 Å². The molecule has 0 rings (SSSR count). The molecule has 58 valence electrons. The van der Waals surface area contributed by atoms with Gasteiger partial charge in [0.1, 0.15) is 4.32 Å². The van der Waals surface area contributed by atoms with Gasteiger partial charge in [-0.2, -0.15) is 0 Å². The number of carbonyl (C=O) groups excluding carboxylic acids is 1. The van der Waals surface area contributed by atoms with Gasteiger partial charge >= 0.3 is 0 Å². The Morgan fingerprint density at radius 1 is 1.70 bits per heavy atom. The standard InChI is InChI=1S/C4H9N3OS2/c5-4(9)10-2-1-3(8)7-6/h1-2,6H2,(H2,5,9)(H,7,8). The Hall–Kier alpha value is -0.330. The summed E-state index contributed by atoms with van der Waals surface area (Å²) in [6.07, 6.45) is 0.346. The molecule has 0 radical (unpaired) electrons. The molecule has 0 fully saturated rings. The third-order valence-electron chi connectivity index (χ3n) is 0.734. The van der Waals surface area contributed by atoms with Crippen LogP contribution in [0.15, 0.2) is 0 Å². The van der Waals surface area contributed by atoms with Gasteiger partial charge in [-0.25, -0.2) is 5.84 Å². The molecule has 0 aromatic heterocycles. The Morgan fingerprint density at radius 2 is 2.30 bits per heavy atom. The quantitative estimate of drug-likeness (QED) is 0.232. The lowest BCUT2D eigenvalue weighted by Gasteiger charge is -1.96. The number of amides is 1. The normalized spacial score (nSPS) is 8.90. The van der Waals surface area contributed by atoms with E-state index in [1.165, 1.54) is 11.8 Å². The minimum atomic E-state index is -0.205. The van der Waals surface area contributed by atoms with Crippen molar-refractivity contribution in [1.29, 1.82) is 0 Å². The lowest BCUT2D eigenvalue weighted by Crippen LogP contribution is -2.30. The van der Waals surface area contributed by atoms with Crippen LogP contribution in [0.2, 0.25) is 0 Å². The van der Waals surface area contributed by atoms with Crippen molar-refractivity contribution in [1.82, 2.24) is 5.43 Å². The first-order chi connectivity index (χ1) is 4.66. The molecule has 0 bridgehead atoms. The molecule has 0 heterocycles. The molecule has 0 aliphatic carbocycles. The summed E-state index contributed by atoms with van der Waals surface area (Å²) in [5, 5.41) is 0. The Labute approximate surface area is 68.7 Å². The second kappa shape index (κ2) is 5.45. The summed E-state index contributed by atoms with van der Waals surface area (Å²) in [5.41, 5.74) is 7.15. The number of rotatable bonds is 3. The summed E-state index contributed by atoms with van der Waals surface area (Å²) in [7, 11) is 0. The first kappa shape index (κ1) is 9.67. The monoisotopic (exact) mass is 179 g/mol. The third-order valence-corrected chi connectivity index (χ3v) is 1.78. The minimum Gasteiger partial charge on any atom is -0.385 e. The molecule has 10 heavy (non-hydrogen) atoms. The number of nitrogens with two attached hydrogens (primary N) is 2. The average Bonchev–Trinajstić information content (AvgIpc) is 1.87. The van der Waals surface area contributed by atoms with Gasteiger partial charge in [-0.3, -0.25) is 10.2 Å². The highest BCUT2D eigenvalue weighted by molar-refractivity contribution is 8.22. The molecule has 1 amide bonds. The maximum absolute atomic E-state index is 10.5. The molecule has 0 aromatic carbocycles. The number of thioether (sulfide) groups is 1. The van der Waals surface area contributed by atoms with Crippen molar-refractivity contribution in [3.63, 3.8) is 0 Å². The van der Waals surface area contributed by atoms with Gasteiger partial charge in [-0.1, -0.05) is 24.0 Å². The van der Waals surface area contributed by atoms with Crippen molar-refractivity contribution in [2.24, 2.45) is 11.6 Å². The van der Waals surface area contributed by atoms with Crippen LogP contribution in [-0.4, -0.2) is 16.0 Å². The number of hydrogen-bond donors (Lipinski definition) is 3. The zero-order valence-electron chi connectivity index (χ0n) is 5.29. The van der Waals surface area contributed by atoms with Crippen molar-refractivity contribution in [3.8, 4) is 0 Å². The highest BCUT2D eigenvalue weighted by Gasteiger charge is 1.97. The highest BCUT2D eigenvalue weighted by Crippen LogP contribution is 2.00. The average molecular weight is 179 g/mol. The summed E-state index contributed by atoms with van der Waals surface area (Å²) in [6.45, 7) is 0. The molecule has 0 aromatic rings. The van der Waals surface area contributed by atoms with Crippen molar-refractivity contribution in [2.45, 2.75) is 6.42 Å². The molecule has 6 heteroatoms. The highest BCUT2D eigenvalue weighted by atomic mass is 32.2. The van der Waals surface area contributed by atoms with Crippen molar-refractivity contribution in [3.05, 3.63) is 0 Å². The zero-order chi connectivity index (χ0) is 7.98. The second-order valence-corrected chi connectivity index (χ2v) is 3.32. The molecule has 0 saturated carbocycles. The maximum Gasteiger partial charge on any atom is 0.234 e. The van der Waals surface area contributed by atoms with E-state index in [1.54, 1.807) is 0 Å². The molecule has 0 aliphatic rings. The van der Waals surface area contributed by atoms with Crippen LogP contribution in [-0.2, 0) is 4.79 Å². The van der Waals surface area contributed by atoms with Gasteiger partial charge in [-0.05, 0) is 0 Å². The topological polar surface area (TPSA) is 81.1 Å². The first-order valence-electron chi connectivity index (χ1n) is 2.58. The summed E-state index contributed by atoms with van der Waals surface area (Å²) < 4.78 is 0.352. The first-order valence-corrected chi connectivity index (χ1v) is 3.98. The Kier molecular flexibility index (Phi) is 5.27. The fourth-order valence-corrected chi connectivity index (χ4v) is 1.06. The molecule has 4 nitrogen and oxygen atoms in total. The van der Waals surface area contributed by atoms with E-state index in [0.717, 1.165) is 0 Å². The van der Waals surface area contributed by atoms with Gasteiger partial charge in [0.15, 0.2) is 0 Å². The second-order valence-electron chi connectivity index (χ2n) is 1.49. The largest absolute Gasteiger partial charge is 0.385 e. The molecule has 0 atom stereocenters. The number of nitrogens with one attached hydrogen (secondary N) is 1. The Bertz CT molecular complexity index is 138. The summed E-state index contributed by atoms with van der Waals surface area (Å²) in [5.74, 6) is 5.19. The fraction of sp³-hybridized carbons (Fsp3) is 0.500. The van der Waals surface area contributed by atoms with Gasteiger partial charge in [0, 0.05) is 12.2 Å². The van der Waals surface area contributed by atoms with Crippen LogP contribution < -0.4 is 17.0 Å². The number of hydrazine groups is 1. The van der Waals surface area contributed by atoms with Crippen molar-refractivity contribution < 1.29 is 4.79 Å². The van der Waals surface area contributed by atoms with E-state index < -0.39 is 0 Å². The zero-order valence-corrected chi connectivity index (χ0v) is 6.93. The van der Waals surface area contributed by atoms with Crippen LogP contribution in [0.4, 0.5) is 0 Å². The third kappa shape index (κ3) is 5.80. The predicted molar refractivity (Wildman–Crippen MR) is 46.2 cm³/mol. The van der Waals surface area contributed by atoms with Crippen LogP contribution in [0.25, 0.3) is 0 Å². The number of hydrogen-bond acceptors (Lipinski definition) is 4. The molecular formula is C4H9N3OS2. The van der Waals surface area contributed by atoms with Crippen LogP contribution in [0.5, 0.6) is 0 Å². The molecular weight excluding hydrogens is 170 g/mol. The van der Waals surface area contributed by atoms with Gasteiger partial charge in [-0.15, -0.1) is 0 Å². The number of carbonyl (C=O) groups is 1. The van der Waals surface area contributed by atoms with Crippen LogP contribution in [0.3, 0.4) is 0 Å². The minimum absolute atomic E-state index is 0.205. The summed E-state index contributed by atoms with van der Waals surface area (Å²) in [6, 6.07) is 0. The van der Waals surface area contributed by atoms with E-state index in [9.17, 15) is 4.79 Å². The predicted octanol–water partition coefficient (Wildman–Crippen LogP) is -0.657. The van der Waals surface area contributed by atoms with E-state index in [1.807, 2.05) is 5.43 Å². The van der Waals surface area contributed by atoms with Gasteiger partial charge in [0.05, 0.1) is 0 Å². The Morgan fingerprint density at radius 3 is 2.70 bits per heavy atom. The molecule has 0 unspecified atom stereocenters. The van der Waals surface area contributed by atoms with Gasteiger partial charge in [0.2, 0.25) is 5.91 Å². The summed E-state index contributed by atoms with van der Waals surface area (Å²) >= 11 is 5.83. The number of thiocarbonyl (C=S) groups is 1. The van der Waals surface area contributed by atoms with E-state index in [-0.39, 0.29) is 5.91 Å². The smallest absolute Gasteiger partial charge is 0.234 e. The molecule has 0 saturated heterocycles. The lowest BCUT2D eigenvalue weighted by molar-refractivity contribution is -0.120. The SMILES string of the molecule is NNC(=O)CCSC(N)=S. The Balaban J connectivity index is 3.20. The van der Waals surface area contributed by atoms with Gasteiger partial charge < -0.3 is 5.73 Å². The van der Waals surface area contributed by atoms with Crippen LogP contribution in [0.1, 0.15) is 6.42 Å². The maximum atomic E-state index is 10.5.